The van der Waals surface area contributed by atoms with E-state index in [-0.39, 0.29) is 22.6 Å². The molecule has 0 radical (unpaired) electrons. The van der Waals surface area contributed by atoms with Crippen LogP contribution in [0.3, 0.4) is 0 Å². The molecule has 32 heavy (non-hydrogen) atoms. The fourth-order valence-electron chi connectivity index (χ4n) is 3.83. The molecule has 2 aromatic carbocycles. The van der Waals surface area contributed by atoms with E-state index in [9.17, 15) is 9.59 Å². The first-order chi connectivity index (χ1) is 15.3. The normalized spacial score (nSPS) is 11.9. The summed E-state index contributed by atoms with van der Waals surface area (Å²) in [5.41, 5.74) is 1.49. The number of hydrogen-bond acceptors (Lipinski definition) is 5. The van der Waals surface area contributed by atoms with Crippen molar-refractivity contribution < 1.29 is 4.79 Å². The SMILES string of the molecule is CCn1c(Cn2c3ccccc3c(=O)c3ccccc32)nnc1SCC(=O)NC(C)(C)C. The number of aromatic nitrogens is 4. The number of fused-ring (bicyclic) bond motifs is 2. The van der Waals surface area contributed by atoms with Gasteiger partial charge in [-0.15, -0.1) is 10.2 Å². The van der Waals surface area contributed by atoms with E-state index in [1.54, 1.807) is 0 Å². The van der Waals surface area contributed by atoms with Gasteiger partial charge in [-0.25, -0.2) is 0 Å². The maximum absolute atomic E-state index is 13.0. The van der Waals surface area contributed by atoms with Crippen LogP contribution in [-0.4, -0.2) is 36.5 Å². The van der Waals surface area contributed by atoms with E-state index >= 15 is 0 Å². The Morgan fingerprint density at radius 1 is 0.969 bits per heavy atom. The summed E-state index contributed by atoms with van der Waals surface area (Å²) in [6.45, 7) is 9.07. The maximum atomic E-state index is 13.0. The minimum atomic E-state index is -0.270. The molecule has 0 atom stereocenters. The fourth-order valence-corrected chi connectivity index (χ4v) is 4.65. The minimum absolute atomic E-state index is 0.0329. The summed E-state index contributed by atoms with van der Waals surface area (Å²) in [7, 11) is 0. The molecular formula is C24H27N5O2S. The number of thioether (sulfide) groups is 1. The van der Waals surface area contributed by atoms with E-state index in [2.05, 4.69) is 20.1 Å². The molecule has 0 aliphatic rings. The predicted octanol–water partition coefficient (Wildman–Crippen LogP) is 3.82. The van der Waals surface area contributed by atoms with E-state index in [0.717, 1.165) is 16.9 Å². The molecule has 0 unspecified atom stereocenters. The molecular weight excluding hydrogens is 422 g/mol. The zero-order chi connectivity index (χ0) is 22.9. The number of nitrogens with one attached hydrogen (secondary N) is 1. The van der Waals surface area contributed by atoms with Gasteiger partial charge in [-0.2, -0.15) is 0 Å². The van der Waals surface area contributed by atoms with Crippen LogP contribution in [0.1, 0.15) is 33.5 Å². The molecule has 2 aromatic heterocycles. The number of carbonyl (C=O) groups excluding carboxylic acids is 1. The molecule has 166 valence electrons. The standard InChI is InChI=1S/C24H27N5O2S/c1-5-28-20(26-27-23(28)32-15-21(30)25-24(2,3)4)14-29-18-12-8-6-10-16(18)22(31)17-11-7-9-13-19(17)29/h6-13H,5,14-15H2,1-4H3,(H,25,30). The second-order valence-electron chi connectivity index (χ2n) is 8.68. The van der Waals surface area contributed by atoms with Gasteiger partial charge in [0.1, 0.15) is 0 Å². The third-order valence-electron chi connectivity index (χ3n) is 5.13. The largest absolute Gasteiger partial charge is 0.351 e. The molecule has 0 saturated heterocycles. The molecule has 0 aliphatic carbocycles. The Morgan fingerprint density at radius 3 is 2.12 bits per heavy atom. The third kappa shape index (κ3) is 4.41. The average molecular weight is 450 g/mol. The summed E-state index contributed by atoms with van der Waals surface area (Å²) in [5, 5.41) is 13.8. The van der Waals surface area contributed by atoms with Crippen LogP contribution in [0.25, 0.3) is 21.8 Å². The number of amides is 1. The predicted molar refractivity (Wildman–Crippen MR) is 129 cm³/mol. The highest BCUT2D eigenvalue weighted by atomic mass is 32.2. The first kappa shape index (κ1) is 22.1. The molecule has 4 aromatic rings. The molecule has 0 spiro atoms. The lowest BCUT2D eigenvalue weighted by molar-refractivity contribution is -0.119. The number of para-hydroxylation sites is 2. The molecule has 8 heteroatoms. The lowest BCUT2D eigenvalue weighted by Crippen LogP contribution is -2.41. The van der Waals surface area contributed by atoms with Gasteiger partial charge in [0.2, 0.25) is 5.91 Å². The average Bonchev–Trinajstić information content (AvgIpc) is 3.15. The summed E-state index contributed by atoms with van der Waals surface area (Å²) in [6.07, 6.45) is 0. The van der Waals surface area contributed by atoms with Crippen LogP contribution < -0.4 is 10.7 Å². The molecule has 0 saturated carbocycles. The van der Waals surface area contributed by atoms with Crippen LogP contribution in [-0.2, 0) is 17.9 Å². The number of hydrogen-bond donors (Lipinski definition) is 1. The Morgan fingerprint density at radius 2 is 1.56 bits per heavy atom. The minimum Gasteiger partial charge on any atom is -0.351 e. The molecule has 1 amide bonds. The summed E-state index contributed by atoms with van der Waals surface area (Å²) < 4.78 is 4.14. The van der Waals surface area contributed by atoms with Crippen molar-refractivity contribution in [2.75, 3.05) is 5.75 Å². The number of carbonyl (C=O) groups is 1. The van der Waals surface area contributed by atoms with E-state index in [1.165, 1.54) is 11.8 Å². The van der Waals surface area contributed by atoms with Crippen LogP contribution in [0.2, 0.25) is 0 Å². The summed E-state index contributed by atoms with van der Waals surface area (Å²) in [5.74, 6) is 1.02. The van der Waals surface area contributed by atoms with Crippen LogP contribution in [0.15, 0.2) is 58.5 Å². The van der Waals surface area contributed by atoms with Gasteiger partial charge in [-0.3, -0.25) is 9.59 Å². The van der Waals surface area contributed by atoms with Crippen molar-refractivity contribution in [3.05, 3.63) is 64.6 Å². The van der Waals surface area contributed by atoms with Gasteiger partial charge in [-0.05, 0) is 52.0 Å². The number of nitrogens with zero attached hydrogens (tertiary/aromatic N) is 4. The molecule has 7 nitrogen and oxygen atoms in total. The highest BCUT2D eigenvalue weighted by Gasteiger charge is 2.18. The van der Waals surface area contributed by atoms with Gasteiger partial charge in [0.05, 0.1) is 23.3 Å². The summed E-state index contributed by atoms with van der Waals surface area (Å²) in [6, 6.07) is 15.3. The molecule has 2 heterocycles. The summed E-state index contributed by atoms with van der Waals surface area (Å²) >= 11 is 1.38. The Balaban J connectivity index is 1.70. The van der Waals surface area contributed by atoms with Crippen molar-refractivity contribution in [3.63, 3.8) is 0 Å². The zero-order valence-corrected chi connectivity index (χ0v) is 19.6. The highest BCUT2D eigenvalue weighted by Crippen LogP contribution is 2.22. The highest BCUT2D eigenvalue weighted by molar-refractivity contribution is 7.99. The van der Waals surface area contributed by atoms with Crippen LogP contribution in [0.5, 0.6) is 0 Å². The van der Waals surface area contributed by atoms with Gasteiger partial charge in [-0.1, -0.05) is 36.0 Å². The van der Waals surface area contributed by atoms with Crippen molar-refractivity contribution in [3.8, 4) is 0 Å². The Hall–Kier alpha value is -3.13. The van der Waals surface area contributed by atoms with Crippen molar-refractivity contribution in [1.82, 2.24) is 24.6 Å². The maximum Gasteiger partial charge on any atom is 0.230 e. The van der Waals surface area contributed by atoms with Gasteiger partial charge < -0.3 is 14.5 Å². The lowest BCUT2D eigenvalue weighted by atomic mass is 10.1. The molecule has 0 bridgehead atoms. The van der Waals surface area contributed by atoms with Gasteiger partial charge >= 0.3 is 0 Å². The molecule has 1 N–H and O–H groups in total. The van der Waals surface area contributed by atoms with Gasteiger partial charge in [0.15, 0.2) is 16.4 Å². The van der Waals surface area contributed by atoms with Crippen LogP contribution in [0, 0.1) is 0 Å². The first-order valence-electron chi connectivity index (χ1n) is 10.6. The third-order valence-corrected chi connectivity index (χ3v) is 6.10. The fraction of sp³-hybridized carbons (Fsp3) is 0.333. The molecule has 4 rings (SSSR count). The molecule has 0 fully saturated rings. The zero-order valence-electron chi connectivity index (χ0n) is 18.8. The van der Waals surface area contributed by atoms with Crippen molar-refractivity contribution in [2.45, 2.75) is 51.5 Å². The quantitative estimate of drug-likeness (QED) is 0.357. The van der Waals surface area contributed by atoms with Crippen LogP contribution in [0.4, 0.5) is 0 Å². The van der Waals surface area contributed by atoms with Crippen LogP contribution >= 0.6 is 11.8 Å². The van der Waals surface area contributed by atoms with Gasteiger partial charge in [0, 0.05) is 22.9 Å². The van der Waals surface area contributed by atoms with E-state index in [1.807, 2.05) is 80.8 Å². The monoisotopic (exact) mass is 449 g/mol. The number of pyridine rings is 1. The van der Waals surface area contributed by atoms with E-state index < -0.39 is 0 Å². The first-order valence-corrected chi connectivity index (χ1v) is 11.6. The molecule has 0 aliphatic heterocycles. The second-order valence-corrected chi connectivity index (χ2v) is 9.62. The number of benzene rings is 2. The van der Waals surface area contributed by atoms with Gasteiger partial charge in [0.25, 0.3) is 0 Å². The second kappa shape index (κ2) is 8.78. The van der Waals surface area contributed by atoms with E-state index in [4.69, 9.17) is 0 Å². The topological polar surface area (TPSA) is 81.8 Å². The van der Waals surface area contributed by atoms with Crippen molar-refractivity contribution in [1.29, 1.82) is 0 Å². The van der Waals surface area contributed by atoms with E-state index in [0.29, 0.717) is 29.0 Å². The van der Waals surface area contributed by atoms with Crippen molar-refractivity contribution in [2.24, 2.45) is 0 Å². The summed E-state index contributed by atoms with van der Waals surface area (Å²) in [4.78, 5) is 25.2. The Bertz CT molecular complexity index is 1290. The Labute approximate surface area is 190 Å². The smallest absolute Gasteiger partial charge is 0.230 e. The number of rotatable bonds is 6. The Kier molecular flexibility index (Phi) is 6.06. The lowest BCUT2D eigenvalue weighted by Gasteiger charge is -2.20. The van der Waals surface area contributed by atoms with Crippen molar-refractivity contribution >= 4 is 39.5 Å².